The van der Waals surface area contributed by atoms with Crippen LogP contribution in [0.1, 0.15) is 16.7 Å². The van der Waals surface area contributed by atoms with Crippen molar-refractivity contribution in [1.82, 2.24) is 10.2 Å². The fraction of sp³-hybridized carbons (Fsp3) is 0.179. The molecule has 1 aromatic heterocycles. The van der Waals surface area contributed by atoms with Crippen molar-refractivity contribution in [2.24, 2.45) is 0 Å². The van der Waals surface area contributed by atoms with E-state index in [2.05, 4.69) is 22.0 Å². The Labute approximate surface area is 208 Å². The number of nitrogens with one attached hydrogen (secondary N) is 1. The highest BCUT2D eigenvalue weighted by molar-refractivity contribution is 8.00. The normalized spacial score (nSPS) is 19.5. The Hall–Kier alpha value is -3.68. The molecular formula is C28H25N3O3S. The van der Waals surface area contributed by atoms with Gasteiger partial charge in [-0.1, -0.05) is 72.8 Å². The average Bonchev–Trinajstić information content (AvgIpc) is 2.89. The van der Waals surface area contributed by atoms with Crippen LogP contribution in [0.4, 0.5) is 0 Å². The first kappa shape index (κ1) is 23.1. The molecule has 1 saturated heterocycles. The van der Waals surface area contributed by atoms with Crippen molar-refractivity contribution in [3.8, 4) is 0 Å². The second kappa shape index (κ2) is 10.3. The first-order valence-electron chi connectivity index (χ1n) is 11.5. The van der Waals surface area contributed by atoms with Gasteiger partial charge < -0.3 is 9.90 Å². The maximum absolute atomic E-state index is 12.8. The van der Waals surface area contributed by atoms with Crippen LogP contribution >= 0.6 is 11.8 Å². The van der Waals surface area contributed by atoms with Gasteiger partial charge in [-0.3, -0.25) is 15.0 Å². The summed E-state index contributed by atoms with van der Waals surface area (Å²) in [6.45, 7) is 1.33. The second-order valence-corrected chi connectivity index (χ2v) is 9.64. The monoisotopic (exact) mass is 483 g/mol. The lowest BCUT2D eigenvalue weighted by molar-refractivity contribution is -0.688. The fourth-order valence-electron chi connectivity index (χ4n) is 4.32. The number of aromatic nitrogens is 1. The number of pyridine rings is 1. The number of hydrogen-bond acceptors (Lipinski definition) is 5. The molecule has 35 heavy (non-hydrogen) atoms. The number of benzene rings is 2. The van der Waals surface area contributed by atoms with E-state index < -0.39 is 12.0 Å². The number of fused-ring (bicyclic) bond motifs is 1. The van der Waals surface area contributed by atoms with Gasteiger partial charge in [0.1, 0.15) is 11.4 Å². The van der Waals surface area contributed by atoms with E-state index in [4.69, 9.17) is 0 Å². The molecule has 0 spiro atoms. The molecule has 2 aromatic carbocycles. The van der Waals surface area contributed by atoms with Crippen LogP contribution in [0.25, 0.3) is 6.08 Å². The van der Waals surface area contributed by atoms with Gasteiger partial charge in [0.05, 0.1) is 11.7 Å². The van der Waals surface area contributed by atoms with E-state index >= 15 is 0 Å². The molecule has 1 fully saturated rings. The number of amides is 1. The fourth-order valence-corrected chi connectivity index (χ4v) is 5.67. The van der Waals surface area contributed by atoms with Crippen LogP contribution in [0.5, 0.6) is 0 Å². The van der Waals surface area contributed by atoms with Crippen LogP contribution in [0.3, 0.4) is 0 Å². The predicted octanol–water partition coefficient (Wildman–Crippen LogP) is 2.11. The summed E-state index contributed by atoms with van der Waals surface area (Å²) in [6, 6.07) is 23.5. The van der Waals surface area contributed by atoms with Gasteiger partial charge in [-0.2, -0.15) is 0 Å². The standard InChI is InChI=1S/C28H25N3O3S/c32-26-24(29-17-21-7-3-1-4-8-21)27-31(26)25(28(33)34)23(19-35-27)14-13-20-9-11-22(12-10-20)18-30-15-5-2-6-16-30/h1-16,24,27,29H,17-19H2/b14-13+. The summed E-state index contributed by atoms with van der Waals surface area (Å²) in [7, 11) is 0. The van der Waals surface area contributed by atoms with Crippen LogP contribution in [-0.2, 0) is 22.7 Å². The molecule has 7 heteroatoms. The predicted molar refractivity (Wildman–Crippen MR) is 133 cm³/mol. The van der Waals surface area contributed by atoms with Crippen molar-refractivity contribution in [2.75, 3.05) is 5.75 Å². The Kier molecular flexibility index (Phi) is 6.79. The summed E-state index contributed by atoms with van der Waals surface area (Å²) >= 11 is 1.57. The molecule has 0 bridgehead atoms. The molecule has 5 rings (SSSR count). The Morgan fingerprint density at radius 2 is 1.71 bits per heavy atom. The first-order chi connectivity index (χ1) is 17.1. The zero-order valence-corrected chi connectivity index (χ0v) is 19.9. The molecule has 1 N–H and O–H groups in total. The van der Waals surface area contributed by atoms with Gasteiger partial charge in [0.15, 0.2) is 18.9 Å². The van der Waals surface area contributed by atoms with Crippen molar-refractivity contribution < 1.29 is 19.3 Å². The Morgan fingerprint density at radius 1 is 1.00 bits per heavy atom. The highest BCUT2D eigenvalue weighted by Gasteiger charge is 2.51. The van der Waals surface area contributed by atoms with Crippen LogP contribution in [0, 0.1) is 0 Å². The number of allylic oxidation sites excluding steroid dienone is 1. The van der Waals surface area contributed by atoms with E-state index in [-0.39, 0.29) is 17.0 Å². The van der Waals surface area contributed by atoms with Crippen molar-refractivity contribution >= 4 is 29.7 Å². The number of carbonyl (C=O) groups excluding carboxylic acids is 2. The van der Waals surface area contributed by atoms with Crippen LogP contribution in [0.15, 0.2) is 103 Å². The highest BCUT2D eigenvalue weighted by Crippen LogP contribution is 2.40. The number of thioether (sulfide) groups is 1. The van der Waals surface area contributed by atoms with Gasteiger partial charge in [0.25, 0.3) is 0 Å². The zero-order valence-electron chi connectivity index (χ0n) is 19.0. The third-order valence-electron chi connectivity index (χ3n) is 6.16. The van der Waals surface area contributed by atoms with E-state index in [9.17, 15) is 14.7 Å². The zero-order chi connectivity index (χ0) is 24.2. The maximum Gasteiger partial charge on any atom is 0.248 e. The second-order valence-electron chi connectivity index (χ2n) is 8.54. The quantitative estimate of drug-likeness (QED) is 0.392. The van der Waals surface area contributed by atoms with E-state index in [1.54, 1.807) is 17.8 Å². The van der Waals surface area contributed by atoms with Crippen molar-refractivity contribution in [3.05, 3.63) is 119 Å². The summed E-state index contributed by atoms with van der Waals surface area (Å²) in [4.78, 5) is 26.2. The first-order valence-corrected chi connectivity index (χ1v) is 12.5. The summed E-state index contributed by atoms with van der Waals surface area (Å²) < 4.78 is 2.10. The number of rotatable bonds is 8. The number of β-lactam (4-membered cyclic amide) rings is 1. The molecule has 0 radical (unpaired) electrons. The summed E-state index contributed by atoms with van der Waals surface area (Å²) in [5.74, 6) is -1.05. The largest absolute Gasteiger partial charge is 0.543 e. The van der Waals surface area contributed by atoms with Crippen LogP contribution in [0.2, 0.25) is 0 Å². The van der Waals surface area contributed by atoms with Crippen LogP contribution in [-0.4, -0.2) is 33.9 Å². The lowest BCUT2D eigenvalue weighted by Gasteiger charge is -2.50. The van der Waals surface area contributed by atoms with E-state index in [1.165, 1.54) is 10.5 Å². The van der Waals surface area contributed by atoms with Crippen molar-refractivity contribution in [1.29, 1.82) is 0 Å². The number of carboxylic acids is 1. The lowest BCUT2D eigenvalue weighted by atomic mass is 10.0. The highest BCUT2D eigenvalue weighted by atomic mass is 32.2. The molecule has 2 atom stereocenters. The Morgan fingerprint density at radius 3 is 2.43 bits per heavy atom. The summed E-state index contributed by atoms with van der Waals surface area (Å²) in [5, 5.41) is 15.0. The van der Waals surface area contributed by atoms with Gasteiger partial charge in [-0.25, -0.2) is 4.57 Å². The minimum atomic E-state index is -1.32. The molecule has 6 nitrogen and oxygen atoms in total. The van der Waals surface area contributed by atoms with Gasteiger partial charge in [0, 0.05) is 30.0 Å². The SMILES string of the molecule is O=C([O-])C1=C(/C=C/c2ccc(C[n+]3ccccc3)cc2)CSC2C(NCc3ccccc3)C(=O)N12. The third-order valence-corrected chi connectivity index (χ3v) is 7.46. The Balaban J connectivity index is 1.27. The average molecular weight is 484 g/mol. The van der Waals surface area contributed by atoms with E-state index in [1.807, 2.05) is 79.1 Å². The third kappa shape index (κ3) is 5.06. The minimum Gasteiger partial charge on any atom is -0.543 e. The summed E-state index contributed by atoms with van der Waals surface area (Å²) in [6.07, 6.45) is 7.71. The van der Waals surface area contributed by atoms with Crippen molar-refractivity contribution in [2.45, 2.75) is 24.5 Å². The molecule has 0 aliphatic carbocycles. The molecule has 3 aromatic rings. The van der Waals surface area contributed by atoms with E-state index in [0.717, 1.165) is 17.7 Å². The smallest absolute Gasteiger partial charge is 0.248 e. The minimum absolute atomic E-state index is 0.0233. The molecule has 1 amide bonds. The molecule has 176 valence electrons. The molecule has 2 unspecified atom stereocenters. The Bertz CT molecular complexity index is 1270. The van der Waals surface area contributed by atoms with Crippen LogP contribution < -0.4 is 15.0 Å². The number of carboxylic acid groups (broad SMARTS) is 1. The molecule has 2 aliphatic heterocycles. The van der Waals surface area contributed by atoms with Gasteiger partial charge in [0.2, 0.25) is 5.91 Å². The lowest BCUT2D eigenvalue weighted by Crippen LogP contribution is -2.70. The molecule has 2 aliphatic rings. The summed E-state index contributed by atoms with van der Waals surface area (Å²) in [5.41, 5.74) is 3.77. The van der Waals surface area contributed by atoms with Gasteiger partial charge in [-0.15, -0.1) is 11.8 Å². The molecule has 3 heterocycles. The number of aliphatic carboxylic acids is 1. The van der Waals surface area contributed by atoms with Crippen molar-refractivity contribution in [3.63, 3.8) is 0 Å². The molecule has 0 saturated carbocycles. The van der Waals surface area contributed by atoms with E-state index in [0.29, 0.717) is 17.9 Å². The number of hydrogen-bond donors (Lipinski definition) is 1. The number of nitrogens with zero attached hydrogens (tertiary/aromatic N) is 2. The number of carbonyl (C=O) groups is 2. The molecular weight excluding hydrogens is 458 g/mol. The maximum atomic E-state index is 12.8. The topological polar surface area (TPSA) is 76.3 Å². The van der Waals surface area contributed by atoms with Gasteiger partial charge >= 0.3 is 0 Å². The van der Waals surface area contributed by atoms with Gasteiger partial charge in [-0.05, 0) is 16.7 Å².